The van der Waals surface area contributed by atoms with Crippen molar-refractivity contribution in [3.05, 3.63) is 64.8 Å². The molecule has 0 bridgehead atoms. The zero-order valence-electron chi connectivity index (χ0n) is 15.8. The van der Waals surface area contributed by atoms with Crippen molar-refractivity contribution in [1.29, 1.82) is 0 Å². The molecule has 2 N–H and O–H groups in total. The quantitative estimate of drug-likeness (QED) is 0.689. The summed E-state index contributed by atoms with van der Waals surface area (Å²) in [6, 6.07) is 12.5. The Morgan fingerprint density at radius 3 is 2.75 bits per heavy atom. The van der Waals surface area contributed by atoms with Crippen LogP contribution in [0.15, 0.2) is 42.5 Å². The number of carbonyl (C=O) groups is 1. The highest BCUT2D eigenvalue weighted by molar-refractivity contribution is 6.05. The van der Waals surface area contributed by atoms with Crippen LogP contribution in [-0.4, -0.2) is 28.3 Å². The zero-order chi connectivity index (χ0) is 19.8. The lowest BCUT2D eigenvalue weighted by Gasteiger charge is -2.26. The van der Waals surface area contributed by atoms with Gasteiger partial charge in [0.25, 0.3) is 0 Å². The van der Waals surface area contributed by atoms with Gasteiger partial charge < -0.3 is 14.9 Å². The second kappa shape index (κ2) is 7.00. The SMILES string of the molecule is COc1cc(C=C2CC(C)Cc3c2nc2ccccc2c3C(=O)O)ccc1O. The number of carboxylic acid groups (broad SMARTS) is 1. The summed E-state index contributed by atoms with van der Waals surface area (Å²) >= 11 is 0. The van der Waals surface area contributed by atoms with E-state index in [-0.39, 0.29) is 5.75 Å². The van der Waals surface area contributed by atoms with Crippen LogP contribution in [-0.2, 0) is 6.42 Å². The second-order valence-electron chi connectivity index (χ2n) is 7.25. The normalized spacial score (nSPS) is 17.5. The maximum atomic E-state index is 12.1. The molecule has 3 aromatic rings. The molecule has 1 aliphatic rings. The van der Waals surface area contributed by atoms with Gasteiger partial charge >= 0.3 is 5.97 Å². The molecule has 0 saturated carbocycles. The lowest BCUT2D eigenvalue weighted by Crippen LogP contribution is -2.17. The Morgan fingerprint density at radius 1 is 1.21 bits per heavy atom. The van der Waals surface area contributed by atoms with Gasteiger partial charge in [-0.05, 0) is 59.7 Å². The van der Waals surface area contributed by atoms with Crippen LogP contribution in [0.2, 0.25) is 0 Å². The van der Waals surface area contributed by atoms with Crippen molar-refractivity contribution in [3.63, 3.8) is 0 Å². The lowest BCUT2D eigenvalue weighted by molar-refractivity contribution is 0.0697. The van der Waals surface area contributed by atoms with Gasteiger partial charge in [0, 0.05) is 5.39 Å². The first kappa shape index (κ1) is 18.0. The number of fused-ring (bicyclic) bond motifs is 2. The van der Waals surface area contributed by atoms with Gasteiger partial charge in [-0.25, -0.2) is 9.78 Å². The minimum Gasteiger partial charge on any atom is -0.504 e. The number of aromatic nitrogens is 1. The zero-order valence-corrected chi connectivity index (χ0v) is 15.8. The van der Waals surface area contributed by atoms with Crippen LogP contribution in [0.4, 0.5) is 0 Å². The van der Waals surface area contributed by atoms with Gasteiger partial charge in [0.1, 0.15) is 0 Å². The van der Waals surface area contributed by atoms with Crippen LogP contribution in [0.3, 0.4) is 0 Å². The number of aromatic carboxylic acids is 1. The highest BCUT2D eigenvalue weighted by Crippen LogP contribution is 2.39. The van der Waals surface area contributed by atoms with E-state index in [1.165, 1.54) is 7.11 Å². The molecule has 5 nitrogen and oxygen atoms in total. The predicted molar refractivity (Wildman–Crippen MR) is 109 cm³/mol. The van der Waals surface area contributed by atoms with Crippen LogP contribution in [0.25, 0.3) is 22.6 Å². The van der Waals surface area contributed by atoms with E-state index in [0.29, 0.717) is 34.6 Å². The molecule has 1 atom stereocenters. The molecular formula is C23H21NO4. The summed E-state index contributed by atoms with van der Waals surface area (Å²) in [5.41, 5.74) is 4.44. The van der Waals surface area contributed by atoms with Gasteiger partial charge in [-0.15, -0.1) is 0 Å². The summed E-state index contributed by atoms with van der Waals surface area (Å²) in [5, 5.41) is 20.4. The van der Waals surface area contributed by atoms with Gasteiger partial charge in [0.2, 0.25) is 0 Å². The number of hydrogen-bond acceptors (Lipinski definition) is 4. The molecule has 4 rings (SSSR count). The fourth-order valence-corrected chi connectivity index (χ4v) is 3.97. The molecule has 0 aliphatic heterocycles. The average molecular weight is 375 g/mol. The number of phenols is 1. The van der Waals surface area contributed by atoms with Gasteiger partial charge in [0.05, 0.1) is 23.9 Å². The molecule has 0 radical (unpaired) electrons. The van der Waals surface area contributed by atoms with E-state index in [1.807, 2.05) is 36.4 Å². The Hall–Kier alpha value is -3.34. The minimum atomic E-state index is -0.922. The third kappa shape index (κ3) is 3.09. The van der Waals surface area contributed by atoms with Gasteiger partial charge in [0.15, 0.2) is 11.5 Å². The highest BCUT2D eigenvalue weighted by atomic mass is 16.5. The van der Waals surface area contributed by atoms with Crippen LogP contribution < -0.4 is 4.74 Å². The Morgan fingerprint density at radius 2 is 2.00 bits per heavy atom. The van der Waals surface area contributed by atoms with Crippen molar-refractivity contribution in [2.24, 2.45) is 5.92 Å². The van der Waals surface area contributed by atoms with Crippen molar-refractivity contribution in [3.8, 4) is 11.5 Å². The van der Waals surface area contributed by atoms with Gasteiger partial charge in [-0.2, -0.15) is 0 Å². The number of aromatic hydroxyl groups is 1. The van der Waals surface area contributed by atoms with Crippen molar-refractivity contribution >= 4 is 28.5 Å². The van der Waals surface area contributed by atoms with E-state index in [9.17, 15) is 15.0 Å². The van der Waals surface area contributed by atoms with E-state index < -0.39 is 5.97 Å². The third-order valence-electron chi connectivity index (χ3n) is 5.18. The standard InChI is InChI=1S/C23H21NO4/c1-13-9-15(11-14-7-8-19(25)20(12-14)28-2)22-17(10-13)21(23(26)27)16-5-3-4-6-18(16)24-22/h3-8,11-13,25H,9-10H2,1-2H3,(H,26,27). The minimum absolute atomic E-state index is 0.0827. The summed E-state index contributed by atoms with van der Waals surface area (Å²) in [6.45, 7) is 2.12. The Balaban J connectivity index is 1.95. The average Bonchev–Trinajstić information content (AvgIpc) is 2.67. The third-order valence-corrected chi connectivity index (χ3v) is 5.18. The molecule has 5 heteroatoms. The monoisotopic (exact) mass is 375 g/mol. The smallest absolute Gasteiger partial charge is 0.336 e. The van der Waals surface area contributed by atoms with E-state index in [1.54, 1.807) is 12.1 Å². The number of nitrogens with zero attached hydrogens (tertiary/aromatic N) is 1. The van der Waals surface area contributed by atoms with Crippen molar-refractivity contribution < 1.29 is 19.7 Å². The number of para-hydroxylation sites is 1. The number of pyridine rings is 1. The number of benzene rings is 2. The molecule has 0 fully saturated rings. The molecule has 0 amide bonds. The Kier molecular flexibility index (Phi) is 4.51. The number of hydrogen-bond donors (Lipinski definition) is 2. The van der Waals surface area contributed by atoms with Crippen LogP contribution >= 0.6 is 0 Å². The first-order chi connectivity index (χ1) is 13.5. The fraction of sp³-hybridized carbons (Fsp3) is 0.217. The number of carboxylic acids is 1. The first-order valence-electron chi connectivity index (χ1n) is 9.20. The molecule has 1 heterocycles. The van der Waals surface area contributed by atoms with E-state index in [0.717, 1.165) is 28.8 Å². The number of allylic oxidation sites excluding steroid dienone is 1. The molecule has 28 heavy (non-hydrogen) atoms. The van der Waals surface area contributed by atoms with Gasteiger partial charge in [-0.1, -0.05) is 31.2 Å². The van der Waals surface area contributed by atoms with E-state index in [4.69, 9.17) is 9.72 Å². The molecule has 142 valence electrons. The summed E-state index contributed by atoms with van der Waals surface area (Å²) in [7, 11) is 1.51. The molecule has 0 spiro atoms. The largest absolute Gasteiger partial charge is 0.504 e. The fourth-order valence-electron chi connectivity index (χ4n) is 3.97. The molecule has 1 unspecified atom stereocenters. The summed E-state index contributed by atoms with van der Waals surface area (Å²) in [5.74, 6) is -0.135. The number of methoxy groups -OCH3 is 1. The number of phenolic OH excluding ortho intramolecular Hbond substituents is 1. The Labute approximate surface area is 162 Å². The lowest BCUT2D eigenvalue weighted by atomic mass is 9.80. The van der Waals surface area contributed by atoms with E-state index in [2.05, 4.69) is 6.92 Å². The molecule has 1 aromatic heterocycles. The summed E-state index contributed by atoms with van der Waals surface area (Å²) in [4.78, 5) is 16.9. The predicted octanol–water partition coefficient (Wildman–Crippen LogP) is 4.77. The second-order valence-corrected chi connectivity index (χ2v) is 7.25. The van der Waals surface area contributed by atoms with Crippen LogP contribution in [0.5, 0.6) is 11.5 Å². The van der Waals surface area contributed by atoms with Gasteiger partial charge in [-0.3, -0.25) is 0 Å². The first-order valence-corrected chi connectivity index (χ1v) is 9.20. The number of ether oxygens (including phenoxy) is 1. The molecular weight excluding hydrogens is 354 g/mol. The number of rotatable bonds is 3. The summed E-state index contributed by atoms with van der Waals surface area (Å²) < 4.78 is 5.20. The van der Waals surface area contributed by atoms with Crippen molar-refractivity contribution in [2.45, 2.75) is 19.8 Å². The van der Waals surface area contributed by atoms with Crippen molar-refractivity contribution in [2.75, 3.05) is 7.11 Å². The Bertz CT molecular complexity index is 1120. The highest BCUT2D eigenvalue weighted by Gasteiger charge is 2.27. The molecule has 1 aliphatic carbocycles. The molecule has 0 saturated heterocycles. The van der Waals surface area contributed by atoms with Crippen LogP contribution in [0.1, 0.15) is 40.5 Å². The van der Waals surface area contributed by atoms with Crippen LogP contribution in [0, 0.1) is 5.92 Å². The molecule has 2 aromatic carbocycles. The topological polar surface area (TPSA) is 79.7 Å². The summed E-state index contributed by atoms with van der Waals surface area (Å²) in [6.07, 6.45) is 3.50. The maximum Gasteiger partial charge on any atom is 0.336 e. The van der Waals surface area contributed by atoms with E-state index >= 15 is 0 Å². The van der Waals surface area contributed by atoms with Crippen molar-refractivity contribution in [1.82, 2.24) is 4.98 Å². The maximum absolute atomic E-state index is 12.1.